The van der Waals surface area contributed by atoms with Crippen molar-refractivity contribution in [1.82, 2.24) is 9.59 Å². The molecule has 0 aliphatic rings. The maximum absolute atomic E-state index is 12.6. The molecule has 1 heterocycles. The highest BCUT2D eigenvalue weighted by molar-refractivity contribution is 7.92. The number of sulfonamides is 1. The van der Waals surface area contributed by atoms with Crippen LogP contribution in [0.25, 0.3) is 10.4 Å². The minimum atomic E-state index is -3.61. The molecule has 0 radical (unpaired) electrons. The Bertz CT molecular complexity index is 918. The third kappa shape index (κ3) is 3.40. The van der Waals surface area contributed by atoms with Crippen LogP contribution < -0.4 is 4.72 Å². The first-order valence-electron chi connectivity index (χ1n) is 6.93. The van der Waals surface area contributed by atoms with Gasteiger partial charge in [0.2, 0.25) is 0 Å². The molecule has 1 aromatic heterocycles. The average Bonchev–Trinajstić information content (AvgIpc) is 3.04. The van der Waals surface area contributed by atoms with E-state index in [4.69, 9.17) is 0 Å². The van der Waals surface area contributed by atoms with Gasteiger partial charge in [0.05, 0.1) is 16.0 Å². The maximum atomic E-state index is 12.6. The first kappa shape index (κ1) is 15.6. The Morgan fingerprint density at radius 3 is 2.43 bits per heavy atom. The minimum Gasteiger partial charge on any atom is -0.280 e. The molecule has 23 heavy (non-hydrogen) atoms. The smallest absolute Gasteiger partial charge is 0.262 e. The highest BCUT2D eigenvalue weighted by atomic mass is 32.2. The number of nitrogens with one attached hydrogen (secondary N) is 1. The second-order valence-electron chi connectivity index (χ2n) is 5.23. The van der Waals surface area contributed by atoms with Crippen LogP contribution in [0.15, 0.2) is 53.6 Å². The van der Waals surface area contributed by atoms with Crippen molar-refractivity contribution in [2.75, 3.05) is 4.72 Å². The molecular formula is C16H15N3O2S2. The predicted molar refractivity (Wildman–Crippen MR) is 92.1 cm³/mol. The van der Waals surface area contributed by atoms with Crippen LogP contribution in [-0.4, -0.2) is 18.0 Å². The lowest BCUT2D eigenvalue weighted by Crippen LogP contribution is -2.14. The molecule has 0 bridgehead atoms. The second-order valence-corrected chi connectivity index (χ2v) is 7.67. The molecule has 0 fully saturated rings. The highest BCUT2D eigenvalue weighted by Gasteiger charge is 2.17. The molecule has 0 saturated heterocycles. The Morgan fingerprint density at radius 2 is 1.78 bits per heavy atom. The van der Waals surface area contributed by atoms with Crippen molar-refractivity contribution in [3.63, 3.8) is 0 Å². The fraction of sp³-hybridized carbons (Fsp3) is 0.125. The third-order valence-corrected chi connectivity index (χ3v) is 5.65. The lowest BCUT2D eigenvalue weighted by atomic mass is 10.2. The van der Waals surface area contributed by atoms with E-state index >= 15 is 0 Å². The summed E-state index contributed by atoms with van der Waals surface area (Å²) in [6.45, 7) is 3.66. The van der Waals surface area contributed by atoms with Gasteiger partial charge in [0.25, 0.3) is 10.0 Å². The number of aromatic nitrogens is 2. The van der Waals surface area contributed by atoms with Gasteiger partial charge >= 0.3 is 0 Å². The van der Waals surface area contributed by atoms with E-state index in [0.717, 1.165) is 21.6 Å². The molecule has 2 aromatic carbocycles. The molecule has 0 spiro atoms. The number of anilines is 1. The number of aryl methyl sites for hydroxylation is 2. The monoisotopic (exact) mass is 345 g/mol. The molecule has 3 aromatic rings. The fourth-order valence-electron chi connectivity index (χ4n) is 2.20. The van der Waals surface area contributed by atoms with Gasteiger partial charge in [-0.25, -0.2) is 8.42 Å². The van der Waals surface area contributed by atoms with Gasteiger partial charge in [0.15, 0.2) is 0 Å². The molecule has 0 unspecified atom stereocenters. The van der Waals surface area contributed by atoms with E-state index in [9.17, 15) is 8.42 Å². The molecule has 1 N–H and O–H groups in total. The lowest BCUT2D eigenvalue weighted by molar-refractivity contribution is 0.600. The summed E-state index contributed by atoms with van der Waals surface area (Å²) in [5, 5.41) is 3.80. The maximum Gasteiger partial charge on any atom is 0.262 e. The summed E-state index contributed by atoms with van der Waals surface area (Å²) in [6.07, 6.45) is 1.68. The zero-order valence-electron chi connectivity index (χ0n) is 12.6. The predicted octanol–water partition coefficient (Wildman–Crippen LogP) is 3.62. The molecule has 0 amide bonds. The van der Waals surface area contributed by atoms with E-state index in [-0.39, 0.29) is 0 Å². The molecule has 0 aliphatic heterocycles. The molecular weight excluding hydrogens is 330 g/mol. The van der Waals surface area contributed by atoms with Crippen molar-refractivity contribution >= 4 is 27.2 Å². The van der Waals surface area contributed by atoms with Crippen molar-refractivity contribution in [2.24, 2.45) is 0 Å². The molecule has 0 atom stereocenters. The van der Waals surface area contributed by atoms with E-state index in [2.05, 4.69) is 14.3 Å². The minimum absolute atomic E-state index is 0.299. The molecule has 0 saturated carbocycles. The zero-order chi connectivity index (χ0) is 16.4. The average molecular weight is 345 g/mol. The van der Waals surface area contributed by atoms with Crippen molar-refractivity contribution in [3.05, 3.63) is 59.8 Å². The van der Waals surface area contributed by atoms with Crippen molar-refractivity contribution in [1.29, 1.82) is 0 Å². The van der Waals surface area contributed by atoms with Gasteiger partial charge in [-0.15, -0.1) is 5.10 Å². The van der Waals surface area contributed by atoms with Crippen LogP contribution in [-0.2, 0) is 10.0 Å². The van der Waals surface area contributed by atoms with E-state index in [1.165, 1.54) is 11.5 Å². The standard InChI is InChI=1S/C16H15N3O2S2/c1-11-3-4-12(2)16(9-11)23(20,21)18-14-7-5-13(6-8-14)15-10-17-19-22-15/h3-10,18H,1-2H3. The van der Waals surface area contributed by atoms with Crippen LogP contribution >= 0.6 is 11.5 Å². The zero-order valence-corrected chi connectivity index (χ0v) is 14.3. The molecule has 0 aliphatic carbocycles. The van der Waals surface area contributed by atoms with Gasteiger partial charge in [0, 0.05) is 5.69 Å². The first-order valence-corrected chi connectivity index (χ1v) is 9.19. The van der Waals surface area contributed by atoms with E-state index < -0.39 is 10.0 Å². The Labute approximate surface area is 139 Å². The Hall–Kier alpha value is -2.25. The molecule has 3 rings (SSSR count). The van der Waals surface area contributed by atoms with Crippen molar-refractivity contribution in [3.8, 4) is 10.4 Å². The van der Waals surface area contributed by atoms with E-state index in [1.54, 1.807) is 31.3 Å². The second kappa shape index (κ2) is 6.10. The summed E-state index contributed by atoms with van der Waals surface area (Å²) >= 11 is 1.30. The van der Waals surface area contributed by atoms with Crippen LogP contribution in [0.3, 0.4) is 0 Å². The van der Waals surface area contributed by atoms with E-state index in [1.807, 2.05) is 31.2 Å². The van der Waals surface area contributed by atoms with Crippen LogP contribution in [0.1, 0.15) is 11.1 Å². The number of hydrogen-bond acceptors (Lipinski definition) is 5. The van der Waals surface area contributed by atoms with Gasteiger partial charge in [0.1, 0.15) is 0 Å². The number of benzene rings is 2. The lowest BCUT2D eigenvalue weighted by Gasteiger charge is -2.11. The molecule has 5 nitrogen and oxygen atoms in total. The SMILES string of the molecule is Cc1ccc(C)c(S(=O)(=O)Nc2ccc(-c3cnns3)cc2)c1. The van der Waals surface area contributed by atoms with Gasteiger partial charge in [-0.3, -0.25) is 4.72 Å². The molecule has 7 heteroatoms. The fourth-order valence-corrected chi connectivity index (χ4v) is 4.11. The highest BCUT2D eigenvalue weighted by Crippen LogP contribution is 2.25. The van der Waals surface area contributed by atoms with Crippen molar-refractivity contribution < 1.29 is 8.42 Å². The Kier molecular flexibility index (Phi) is 4.14. The third-order valence-electron chi connectivity index (χ3n) is 3.42. The number of hydrogen-bond donors (Lipinski definition) is 1. The summed E-state index contributed by atoms with van der Waals surface area (Å²) in [5.74, 6) is 0. The quantitative estimate of drug-likeness (QED) is 0.784. The van der Waals surface area contributed by atoms with Gasteiger partial charge in [-0.2, -0.15) is 0 Å². The van der Waals surface area contributed by atoms with Crippen molar-refractivity contribution in [2.45, 2.75) is 18.7 Å². The van der Waals surface area contributed by atoms with Gasteiger partial charge in [-0.1, -0.05) is 28.8 Å². The Morgan fingerprint density at radius 1 is 1.04 bits per heavy atom. The van der Waals surface area contributed by atoms with Crippen LogP contribution in [0.4, 0.5) is 5.69 Å². The number of nitrogens with zero attached hydrogens (tertiary/aromatic N) is 2. The largest absolute Gasteiger partial charge is 0.280 e. The Balaban J connectivity index is 1.87. The van der Waals surface area contributed by atoms with Crippen LogP contribution in [0.5, 0.6) is 0 Å². The molecule has 118 valence electrons. The topological polar surface area (TPSA) is 72.0 Å². The van der Waals surface area contributed by atoms with Gasteiger partial charge in [-0.05, 0) is 60.3 Å². The summed E-state index contributed by atoms with van der Waals surface area (Å²) < 4.78 is 31.6. The van der Waals surface area contributed by atoms with Crippen LogP contribution in [0.2, 0.25) is 0 Å². The number of rotatable bonds is 4. The summed E-state index contributed by atoms with van der Waals surface area (Å²) in [4.78, 5) is 1.24. The normalized spacial score (nSPS) is 11.4. The summed E-state index contributed by atoms with van der Waals surface area (Å²) in [7, 11) is -3.61. The first-order chi connectivity index (χ1) is 11.0. The summed E-state index contributed by atoms with van der Waals surface area (Å²) in [5.41, 5.74) is 3.10. The summed E-state index contributed by atoms with van der Waals surface area (Å²) in [6, 6.07) is 12.5. The van der Waals surface area contributed by atoms with Gasteiger partial charge < -0.3 is 0 Å². The van der Waals surface area contributed by atoms with E-state index in [0.29, 0.717) is 10.6 Å². The van der Waals surface area contributed by atoms with Crippen LogP contribution in [0, 0.1) is 13.8 Å².